The molecular weight excluding hydrogens is 238 g/mol. The molecule has 0 aliphatic rings. The van der Waals surface area contributed by atoms with Crippen LogP contribution in [-0.2, 0) is 4.79 Å². The lowest BCUT2D eigenvalue weighted by Gasteiger charge is -2.37. The molecule has 0 fully saturated rings. The fraction of sp³-hybridized carbons (Fsp3) is 0.938. The lowest BCUT2D eigenvalue weighted by molar-refractivity contribution is -0.137. The minimum absolute atomic E-state index is 0.277. The van der Waals surface area contributed by atoms with E-state index in [4.69, 9.17) is 5.11 Å². The second kappa shape index (κ2) is 9.35. The molecule has 3 heteroatoms. The first-order valence-corrected chi connectivity index (χ1v) is 7.71. The van der Waals surface area contributed by atoms with Gasteiger partial charge in [-0.25, -0.2) is 0 Å². The van der Waals surface area contributed by atoms with E-state index in [1.807, 2.05) is 0 Å². The van der Waals surface area contributed by atoms with Crippen molar-refractivity contribution in [2.24, 2.45) is 11.8 Å². The van der Waals surface area contributed by atoms with Crippen molar-refractivity contribution in [3.05, 3.63) is 0 Å². The molecule has 0 amide bonds. The number of rotatable bonds is 10. The van der Waals surface area contributed by atoms with E-state index in [0.717, 1.165) is 13.0 Å². The van der Waals surface area contributed by atoms with Crippen molar-refractivity contribution < 1.29 is 9.90 Å². The van der Waals surface area contributed by atoms with Gasteiger partial charge in [-0.1, -0.05) is 27.7 Å². The van der Waals surface area contributed by atoms with Crippen molar-refractivity contribution in [2.45, 2.75) is 79.3 Å². The Balaban J connectivity index is 4.59. The molecule has 0 unspecified atom stereocenters. The molecule has 19 heavy (non-hydrogen) atoms. The van der Waals surface area contributed by atoms with Gasteiger partial charge in [-0.3, -0.25) is 9.69 Å². The van der Waals surface area contributed by atoms with Crippen LogP contribution in [0.5, 0.6) is 0 Å². The van der Waals surface area contributed by atoms with E-state index in [1.165, 1.54) is 12.8 Å². The maximum Gasteiger partial charge on any atom is 0.303 e. The van der Waals surface area contributed by atoms with Crippen LogP contribution in [0.3, 0.4) is 0 Å². The number of hydrogen-bond donors (Lipinski definition) is 1. The zero-order chi connectivity index (χ0) is 15.0. The van der Waals surface area contributed by atoms with E-state index in [0.29, 0.717) is 23.9 Å². The third-order valence-electron chi connectivity index (χ3n) is 3.43. The Kier molecular flexibility index (Phi) is 9.07. The average molecular weight is 271 g/mol. The fourth-order valence-corrected chi connectivity index (χ4v) is 2.73. The summed E-state index contributed by atoms with van der Waals surface area (Å²) in [4.78, 5) is 13.2. The Morgan fingerprint density at radius 1 is 1.00 bits per heavy atom. The summed E-state index contributed by atoms with van der Waals surface area (Å²) < 4.78 is 0. The molecule has 0 saturated carbocycles. The van der Waals surface area contributed by atoms with E-state index in [1.54, 1.807) is 0 Å². The second-order valence-corrected chi connectivity index (χ2v) is 6.74. The quantitative estimate of drug-likeness (QED) is 0.652. The summed E-state index contributed by atoms with van der Waals surface area (Å²) >= 11 is 0. The maximum atomic E-state index is 10.7. The lowest BCUT2D eigenvalue weighted by atomic mass is 9.93. The summed E-state index contributed by atoms with van der Waals surface area (Å²) in [7, 11) is 0. The van der Waals surface area contributed by atoms with Crippen LogP contribution in [0.15, 0.2) is 0 Å². The molecule has 114 valence electrons. The third kappa shape index (κ3) is 9.04. The molecule has 0 aliphatic heterocycles. The van der Waals surface area contributed by atoms with Gasteiger partial charge in [0.15, 0.2) is 0 Å². The molecule has 0 atom stereocenters. The van der Waals surface area contributed by atoms with Gasteiger partial charge in [-0.15, -0.1) is 0 Å². The predicted octanol–water partition coefficient (Wildman–Crippen LogP) is 4.02. The highest BCUT2D eigenvalue weighted by atomic mass is 16.4. The molecule has 0 radical (unpaired) electrons. The maximum absolute atomic E-state index is 10.7. The van der Waals surface area contributed by atoms with Crippen molar-refractivity contribution in [3.63, 3.8) is 0 Å². The number of nitrogens with zero attached hydrogens (tertiary/aromatic N) is 1. The van der Waals surface area contributed by atoms with E-state index < -0.39 is 5.97 Å². The minimum atomic E-state index is -0.687. The van der Waals surface area contributed by atoms with Gasteiger partial charge in [-0.2, -0.15) is 0 Å². The monoisotopic (exact) mass is 271 g/mol. The minimum Gasteiger partial charge on any atom is -0.481 e. The standard InChI is InChI=1S/C16H33NO2/c1-12(2)10-15(11-13(3)4)17(14(5)6)9-7-8-16(18)19/h12-15H,7-11H2,1-6H3,(H,18,19). The number of hydrogen-bond acceptors (Lipinski definition) is 2. The first-order valence-electron chi connectivity index (χ1n) is 7.71. The number of carboxylic acid groups (broad SMARTS) is 1. The molecule has 0 saturated heterocycles. The summed E-state index contributed by atoms with van der Waals surface area (Å²) in [5.74, 6) is 0.682. The highest BCUT2D eigenvalue weighted by Crippen LogP contribution is 2.21. The largest absolute Gasteiger partial charge is 0.481 e. The van der Waals surface area contributed by atoms with Crippen LogP contribution in [0.1, 0.15) is 67.2 Å². The van der Waals surface area contributed by atoms with Gasteiger partial charge in [0.25, 0.3) is 0 Å². The van der Waals surface area contributed by atoms with Gasteiger partial charge in [0, 0.05) is 18.5 Å². The molecule has 0 rings (SSSR count). The van der Waals surface area contributed by atoms with Gasteiger partial charge in [-0.05, 0) is 51.5 Å². The van der Waals surface area contributed by atoms with Crippen LogP contribution in [0.4, 0.5) is 0 Å². The van der Waals surface area contributed by atoms with Gasteiger partial charge >= 0.3 is 5.97 Å². The SMILES string of the molecule is CC(C)CC(CC(C)C)N(CCCC(=O)O)C(C)C. The molecule has 0 heterocycles. The van der Waals surface area contributed by atoms with E-state index in [2.05, 4.69) is 46.4 Å². The van der Waals surface area contributed by atoms with Gasteiger partial charge in [0.1, 0.15) is 0 Å². The zero-order valence-corrected chi connectivity index (χ0v) is 13.6. The summed E-state index contributed by atoms with van der Waals surface area (Å²) in [6.45, 7) is 14.4. The smallest absolute Gasteiger partial charge is 0.303 e. The lowest BCUT2D eigenvalue weighted by Crippen LogP contribution is -2.42. The number of aliphatic carboxylic acids is 1. The first kappa shape index (κ1) is 18.4. The Labute approximate surface area is 119 Å². The fourth-order valence-electron chi connectivity index (χ4n) is 2.73. The summed E-state index contributed by atoms with van der Waals surface area (Å²) in [5.41, 5.74) is 0. The molecule has 0 spiro atoms. The molecule has 0 aromatic rings. The highest BCUT2D eigenvalue weighted by molar-refractivity contribution is 5.66. The number of carbonyl (C=O) groups is 1. The average Bonchev–Trinajstić information content (AvgIpc) is 2.21. The van der Waals surface area contributed by atoms with Crippen LogP contribution in [-0.4, -0.2) is 34.6 Å². The zero-order valence-electron chi connectivity index (χ0n) is 13.6. The van der Waals surface area contributed by atoms with Crippen molar-refractivity contribution in [1.29, 1.82) is 0 Å². The van der Waals surface area contributed by atoms with Crippen molar-refractivity contribution in [1.82, 2.24) is 4.90 Å². The van der Waals surface area contributed by atoms with Crippen LogP contribution >= 0.6 is 0 Å². The van der Waals surface area contributed by atoms with Crippen LogP contribution in [0.2, 0.25) is 0 Å². The Morgan fingerprint density at radius 3 is 1.79 bits per heavy atom. The second-order valence-electron chi connectivity index (χ2n) is 6.74. The normalized spacial score (nSPS) is 12.4. The topological polar surface area (TPSA) is 40.5 Å². The highest BCUT2D eigenvalue weighted by Gasteiger charge is 2.22. The summed E-state index contributed by atoms with van der Waals surface area (Å²) in [5, 5.41) is 8.78. The molecule has 0 bridgehead atoms. The van der Waals surface area contributed by atoms with E-state index in [9.17, 15) is 4.79 Å². The molecule has 3 nitrogen and oxygen atoms in total. The number of carboxylic acids is 1. The Hall–Kier alpha value is -0.570. The van der Waals surface area contributed by atoms with E-state index in [-0.39, 0.29) is 6.42 Å². The van der Waals surface area contributed by atoms with E-state index >= 15 is 0 Å². The molecule has 0 aromatic carbocycles. The van der Waals surface area contributed by atoms with Gasteiger partial charge < -0.3 is 5.11 Å². The molecular formula is C16H33NO2. The van der Waals surface area contributed by atoms with Crippen LogP contribution in [0.25, 0.3) is 0 Å². The third-order valence-corrected chi connectivity index (χ3v) is 3.43. The van der Waals surface area contributed by atoms with Crippen molar-refractivity contribution >= 4 is 5.97 Å². The molecule has 0 aromatic heterocycles. The summed E-state index contributed by atoms with van der Waals surface area (Å²) in [6, 6.07) is 1.06. The first-order chi connectivity index (χ1) is 8.73. The van der Waals surface area contributed by atoms with Crippen LogP contribution in [0, 0.1) is 11.8 Å². The predicted molar refractivity (Wildman–Crippen MR) is 81.4 cm³/mol. The summed E-state index contributed by atoms with van der Waals surface area (Å²) in [6.07, 6.45) is 3.42. The van der Waals surface area contributed by atoms with Crippen molar-refractivity contribution in [2.75, 3.05) is 6.54 Å². The van der Waals surface area contributed by atoms with Crippen LogP contribution < -0.4 is 0 Å². The Morgan fingerprint density at radius 2 is 1.47 bits per heavy atom. The van der Waals surface area contributed by atoms with Gasteiger partial charge in [0.05, 0.1) is 0 Å². The van der Waals surface area contributed by atoms with Crippen molar-refractivity contribution in [3.8, 4) is 0 Å². The van der Waals surface area contributed by atoms with Gasteiger partial charge in [0.2, 0.25) is 0 Å². The molecule has 1 N–H and O–H groups in total. The molecule has 0 aliphatic carbocycles. The Bertz CT molecular complexity index is 239.